The van der Waals surface area contributed by atoms with E-state index >= 15 is 0 Å². The van der Waals surface area contributed by atoms with Crippen LogP contribution in [0.15, 0.2) is 16.5 Å². The molecule has 2 aliphatic rings. The molecule has 3 atom stereocenters. The summed E-state index contributed by atoms with van der Waals surface area (Å²) in [5, 5.41) is 0. The summed E-state index contributed by atoms with van der Waals surface area (Å²) in [6.07, 6.45) is 2.31. The van der Waals surface area contributed by atoms with Crippen LogP contribution < -0.4 is 5.73 Å². The van der Waals surface area contributed by atoms with Crippen LogP contribution in [-0.4, -0.2) is 0 Å². The molecule has 2 saturated carbocycles. The quantitative estimate of drug-likeness (QED) is 0.806. The van der Waals surface area contributed by atoms with Crippen LogP contribution in [0.1, 0.15) is 51.1 Å². The standard InChI is InChI=1S/C13H19NO/c1-8-6-9(8)10-4-5-11(15-10)13(14)7-12(13,2)3/h4-5,8-9H,6-7,14H2,1-3H3. The van der Waals surface area contributed by atoms with Crippen LogP contribution in [0.25, 0.3) is 0 Å². The van der Waals surface area contributed by atoms with E-state index in [1.807, 2.05) is 0 Å². The molecule has 1 heterocycles. The lowest BCUT2D eigenvalue weighted by molar-refractivity contribution is 0.380. The first-order valence-corrected chi connectivity index (χ1v) is 5.83. The lowest BCUT2D eigenvalue weighted by atomic mass is 10.0. The van der Waals surface area contributed by atoms with Gasteiger partial charge in [-0.1, -0.05) is 20.8 Å². The van der Waals surface area contributed by atoms with Crippen LogP contribution in [0.4, 0.5) is 0 Å². The van der Waals surface area contributed by atoms with E-state index in [1.165, 1.54) is 6.42 Å². The first kappa shape index (κ1) is 9.46. The van der Waals surface area contributed by atoms with E-state index in [4.69, 9.17) is 10.2 Å². The van der Waals surface area contributed by atoms with Gasteiger partial charge in [0.2, 0.25) is 0 Å². The highest BCUT2D eigenvalue weighted by Crippen LogP contribution is 2.61. The van der Waals surface area contributed by atoms with E-state index in [2.05, 4.69) is 32.9 Å². The second kappa shape index (κ2) is 2.49. The van der Waals surface area contributed by atoms with Crippen LogP contribution in [0.3, 0.4) is 0 Å². The first-order valence-electron chi connectivity index (χ1n) is 5.83. The van der Waals surface area contributed by atoms with Crippen molar-refractivity contribution in [1.82, 2.24) is 0 Å². The third-order valence-electron chi connectivity index (χ3n) is 4.34. The Balaban J connectivity index is 1.86. The molecule has 2 N–H and O–H groups in total. The van der Waals surface area contributed by atoms with Gasteiger partial charge >= 0.3 is 0 Å². The summed E-state index contributed by atoms with van der Waals surface area (Å²) >= 11 is 0. The van der Waals surface area contributed by atoms with Crippen molar-refractivity contribution in [2.75, 3.05) is 0 Å². The molecular weight excluding hydrogens is 186 g/mol. The third-order valence-corrected chi connectivity index (χ3v) is 4.34. The molecule has 2 fully saturated rings. The summed E-state index contributed by atoms with van der Waals surface area (Å²) in [5.74, 6) is 3.58. The summed E-state index contributed by atoms with van der Waals surface area (Å²) in [6, 6.07) is 4.20. The molecule has 82 valence electrons. The molecule has 0 radical (unpaired) electrons. The number of hydrogen-bond donors (Lipinski definition) is 1. The highest BCUT2D eigenvalue weighted by Gasteiger charge is 2.61. The Labute approximate surface area is 90.8 Å². The van der Waals surface area contributed by atoms with Gasteiger partial charge in [-0.05, 0) is 36.3 Å². The van der Waals surface area contributed by atoms with Crippen molar-refractivity contribution in [3.05, 3.63) is 23.7 Å². The zero-order valence-electron chi connectivity index (χ0n) is 9.71. The molecule has 1 aromatic heterocycles. The molecule has 15 heavy (non-hydrogen) atoms. The Morgan fingerprint density at radius 1 is 1.40 bits per heavy atom. The molecule has 1 aromatic rings. The minimum Gasteiger partial charge on any atom is -0.464 e. The molecule has 0 amide bonds. The molecule has 0 saturated heterocycles. The summed E-state index contributed by atoms with van der Waals surface area (Å²) < 4.78 is 5.92. The van der Waals surface area contributed by atoms with E-state index in [-0.39, 0.29) is 11.0 Å². The Kier molecular flexibility index (Phi) is 1.57. The van der Waals surface area contributed by atoms with Crippen molar-refractivity contribution >= 4 is 0 Å². The number of nitrogens with two attached hydrogens (primary N) is 1. The van der Waals surface area contributed by atoms with Crippen LogP contribution in [0, 0.1) is 11.3 Å². The van der Waals surface area contributed by atoms with E-state index in [0.717, 1.165) is 23.9 Å². The van der Waals surface area contributed by atoms with Crippen molar-refractivity contribution in [3.63, 3.8) is 0 Å². The van der Waals surface area contributed by atoms with Gasteiger partial charge in [0.25, 0.3) is 0 Å². The second-order valence-electron chi connectivity index (χ2n) is 6.05. The zero-order chi connectivity index (χ0) is 10.8. The first-order chi connectivity index (χ1) is 6.94. The predicted octanol–water partition coefficient (Wildman–Crippen LogP) is 2.99. The third kappa shape index (κ3) is 1.21. The zero-order valence-corrected chi connectivity index (χ0v) is 9.71. The minimum atomic E-state index is -0.205. The van der Waals surface area contributed by atoms with Crippen LogP contribution in [0.2, 0.25) is 0 Å². The molecule has 0 bridgehead atoms. The maximum atomic E-state index is 6.32. The largest absolute Gasteiger partial charge is 0.464 e. The average molecular weight is 205 g/mol. The predicted molar refractivity (Wildman–Crippen MR) is 59.5 cm³/mol. The molecule has 0 spiro atoms. The summed E-state index contributed by atoms with van der Waals surface area (Å²) in [4.78, 5) is 0. The Morgan fingerprint density at radius 3 is 2.47 bits per heavy atom. The van der Waals surface area contributed by atoms with Crippen LogP contribution in [-0.2, 0) is 5.54 Å². The molecule has 2 heteroatoms. The van der Waals surface area contributed by atoms with Gasteiger partial charge in [0.1, 0.15) is 11.5 Å². The maximum absolute atomic E-state index is 6.32. The molecule has 3 unspecified atom stereocenters. The maximum Gasteiger partial charge on any atom is 0.124 e. The lowest BCUT2D eigenvalue weighted by Gasteiger charge is -2.11. The lowest BCUT2D eigenvalue weighted by Crippen LogP contribution is -2.24. The van der Waals surface area contributed by atoms with Gasteiger partial charge in [-0.25, -0.2) is 0 Å². The molecule has 2 nitrogen and oxygen atoms in total. The molecule has 3 rings (SSSR count). The van der Waals surface area contributed by atoms with Gasteiger partial charge < -0.3 is 10.2 Å². The van der Waals surface area contributed by atoms with Crippen LogP contribution >= 0.6 is 0 Å². The summed E-state index contributed by atoms with van der Waals surface area (Å²) in [7, 11) is 0. The number of rotatable bonds is 2. The van der Waals surface area contributed by atoms with Gasteiger partial charge in [-0.15, -0.1) is 0 Å². The van der Waals surface area contributed by atoms with Gasteiger partial charge in [0, 0.05) is 5.92 Å². The SMILES string of the molecule is CC1CC1c1ccc(C2(N)CC2(C)C)o1. The Bertz CT molecular complexity index is 406. The van der Waals surface area contributed by atoms with Crippen molar-refractivity contribution in [3.8, 4) is 0 Å². The fraction of sp³-hybridized carbons (Fsp3) is 0.692. The number of furan rings is 1. The Morgan fingerprint density at radius 2 is 2.00 bits per heavy atom. The average Bonchev–Trinajstić information content (AvgIpc) is 2.89. The highest BCUT2D eigenvalue weighted by atomic mass is 16.3. The van der Waals surface area contributed by atoms with Crippen molar-refractivity contribution in [2.45, 2.75) is 45.1 Å². The smallest absolute Gasteiger partial charge is 0.124 e. The van der Waals surface area contributed by atoms with E-state index in [9.17, 15) is 0 Å². The monoisotopic (exact) mass is 205 g/mol. The van der Waals surface area contributed by atoms with Crippen molar-refractivity contribution < 1.29 is 4.42 Å². The van der Waals surface area contributed by atoms with Gasteiger partial charge in [0.15, 0.2) is 0 Å². The summed E-state index contributed by atoms with van der Waals surface area (Å²) in [5.41, 5.74) is 6.32. The molecule has 0 aliphatic heterocycles. The van der Waals surface area contributed by atoms with Gasteiger partial charge in [-0.3, -0.25) is 0 Å². The summed E-state index contributed by atoms with van der Waals surface area (Å²) in [6.45, 7) is 6.68. The fourth-order valence-corrected chi connectivity index (χ4v) is 2.58. The highest BCUT2D eigenvalue weighted by molar-refractivity contribution is 5.30. The fourth-order valence-electron chi connectivity index (χ4n) is 2.58. The topological polar surface area (TPSA) is 39.2 Å². The van der Waals surface area contributed by atoms with E-state index < -0.39 is 0 Å². The normalized spacial score (nSPS) is 41.6. The van der Waals surface area contributed by atoms with E-state index in [1.54, 1.807) is 0 Å². The van der Waals surface area contributed by atoms with E-state index in [0.29, 0.717) is 5.92 Å². The number of hydrogen-bond acceptors (Lipinski definition) is 2. The van der Waals surface area contributed by atoms with Gasteiger partial charge in [0.05, 0.1) is 5.54 Å². The van der Waals surface area contributed by atoms with Gasteiger partial charge in [-0.2, -0.15) is 0 Å². The van der Waals surface area contributed by atoms with Crippen molar-refractivity contribution in [1.29, 1.82) is 0 Å². The molecular formula is C13H19NO. The molecule has 0 aromatic carbocycles. The van der Waals surface area contributed by atoms with Crippen molar-refractivity contribution in [2.24, 2.45) is 17.1 Å². The Hall–Kier alpha value is -0.760. The van der Waals surface area contributed by atoms with Crippen LogP contribution in [0.5, 0.6) is 0 Å². The second-order valence-corrected chi connectivity index (χ2v) is 6.05. The minimum absolute atomic E-state index is 0.205. The molecule has 2 aliphatic carbocycles.